The Hall–Kier alpha value is -0.530. The highest BCUT2D eigenvalue weighted by Gasteiger charge is 2.45. The van der Waals surface area contributed by atoms with Crippen LogP contribution in [0.25, 0.3) is 0 Å². The molecule has 0 bridgehead atoms. The van der Waals surface area contributed by atoms with Crippen LogP contribution < -0.4 is 5.32 Å². The van der Waals surface area contributed by atoms with Crippen molar-refractivity contribution in [2.24, 2.45) is 5.41 Å². The van der Waals surface area contributed by atoms with E-state index in [9.17, 15) is 0 Å². The van der Waals surface area contributed by atoms with Gasteiger partial charge in [-0.1, -0.05) is 42.6 Å². The molecule has 1 spiro atoms. The van der Waals surface area contributed by atoms with Crippen LogP contribution in [-0.4, -0.2) is 13.1 Å². The lowest BCUT2D eigenvalue weighted by Crippen LogP contribution is -2.25. The first-order chi connectivity index (χ1) is 7.82. The van der Waals surface area contributed by atoms with Crippen LogP contribution in [0.4, 0.5) is 0 Å². The highest BCUT2D eigenvalue weighted by molar-refractivity contribution is 6.31. The van der Waals surface area contributed by atoms with Crippen LogP contribution in [0, 0.1) is 5.41 Å². The molecule has 1 aromatic rings. The lowest BCUT2D eigenvalue weighted by atomic mass is 9.73. The SMILES string of the molecule is Clc1ccccc1[C@H]1CNCC12CCCC2. The maximum Gasteiger partial charge on any atom is 0.0441 e. The smallest absolute Gasteiger partial charge is 0.0441 e. The van der Waals surface area contributed by atoms with Crippen LogP contribution in [0.2, 0.25) is 5.02 Å². The van der Waals surface area contributed by atoms with Crippen LogP contribution in [0.5, 0.6) is 0 Å². The fraction of sp³-hybridized carbons (Fsp3) is 0.571. The quantitative estimate of drug-likeness (QED) is 0.785. The van der Waals surface area contributed by atoms with Crippen molar-refractivity contribution in [3.63, 3.8) is 0 Å². The summed E-state index contributed by atoms with van der Waals surface area (Å²) in [5, 5.41) is 4.52. The molecule has 0 amide bonds. The zero-order valence-electron chi connectivity index (χ0n) is 9.51. The number of hydrogen-bond donors (Lipinski definition) is 1. The molecule has 0 radical (unpaired) electrons. The lowest BCUT2D eigenvalue weighted by Gasteiger charge is -2.30. The number of rotatable bonds is 1. The summed E-state index contributed by atoms with van der Waals surface area (Å²) in [5.41, 5.74) is 1.86. The zero-order chi connectivity index (χ0) is 11.0. The summed E-state index contributed by atoms with van der Waals surface area (Å²) < 4.78 is 0. The molecular formula is C14H18ClN. The van der Waals surface area contributed by atoms with Gasteiger partial charge in [0.05, 0.1) is 0 Å². The summed E-state index contributed by atoms with van der Waals surface area (Å²) in [7, 11) is 0. The van der Waals surface area contributed by atoms with Crippen molar-refractivity contribution < 1.29 is 0 Å². The third-order valence-electron chi connectivity index (χ3n) is 4.44. The second kappa shape index (κ2) is 4.05. The molecule has 0 aromatic heterocycles. The number of hydrogen-bond acceptors (Lipinski definition) is 1. The van der Waals surface area contributed by atoms with Gasteiger partial charge in [0.2, 0.25) is 0 Å². The average Bonchev–Trinajstić information content (AvgIpc) is 2.91. The van der Waals surface area contributed by atoms with Gasteiger partial charge in [-0.15, -0.1) is 0 Å². The van der Waals surface area contributed by atoms with Gasteiger partial charge >= 0.3 is 0 Å². The lowest BCUT2D eigenvalue weighted by molar-refractivity contribution is 0.295. The van der Waals surface area contributed by atoms with E-state index in [0.29, 0.717) is 11.3 Å². The summed E-state index contributed by atoms with van der Waals surface area (Å²) in [6.45, 7) is 2.28. The first-order valence-electron chi connectivity index (χ1n) is 6.27. The first-order valence-corrected chi connectivity index (χ1v) is 6.65. The van der Waals surface area contributed by atoms with Crippen molar-refractivity contribution in [1.82, 2.24) is 5.32 Å². The summed E-state index contributed by atoms with van der Waals surface area (Å²) in [6, 6.07) is 8.37. The van der Waals surface area contributed by atoms with E-state index in [2.05, 4.69) is 17.4 Å². The van der Waals surface area contributed by atoms with Crippen molar-refractivity contribution in [3.05, 3.63) is 34.9 Å². The van der Waals surface area contributed by atoms with Gasteiger partial charge in [-0.25, -0.2) is 0 Å². The fourth-order valence-electron chi connectivity index (χ4n) is 3.61. The molecule has 1 aliphatic heterocycles. The van der Waals surface area contributed by atoms with E-state index < -0.39 is 0 Å². The highest BCUT2D eigenvalue weighted by Crippen LogP contribution is 2.51. The van der Waals surface area contributed by atoms with E-state index in [0.717, 1.165) is 11.6 Å². The van der Waals surface area contributed by atoms with Gasteiger partial charge < -0.3 is 5.32 Å². The van der Waals surface area contributed by atoms with Crippen molar-refractivity contribution in [1.29, 1.82) is 0 Å². The fourth-order valence-corrected chi connectivity index (χ4v) is 3.87. The molecule has 16 heavy (non-hydrogen) atoms. The molecule has 3 rings (SSSR count). The third kappa shape index (κ3) is 1.57. The normalized spacial score (nSPS) is 27.7. The molecule has 0 unspecified atom stereocenters. The molecule has 1 heterocycles. The monoisotopic (exact) mass is 235 g/mol. The van der Waals surface area contributed by atoms with Crippen LogP contribution in [0.15, 0.2) is 24.3 Å². The van der Waals surface area contributed by atoms with Gasteiger partial charge in [-0.2, -0.15) is 0 Å². The molecule has 1 aromatic carbocycles. The maximum absolute atomic E-state index is 6.34. The topological polar surface area (TPSA) is 12.0 Å². The maximum atomic E-state index is 6.34. The number of benzene rings is 1. The Balaban J connectivity index is 1.97. The van der Waals surface area contributed by atoms with E-state index in [1.807, 2.05) is 12.1 Å². The van der Waals surface area contributed by atoms with Crippen LogP contribution in [-0.2, 0) is 0 Å². The van der Waals surface area contributed by atoms with E-state index in [1.165, 1.54) is 37.8 Å². The van der Waals surface area contributed by atoms with Crippen molar-refractivity contribution >= 4 is 11.6 Å². The second-order valence-corrected chi connectivity index (χ2v) is 5.68. The summed E-state index contributed by atoms with van der Waals surface area (Å²) in [4.78, 5) is 0. The highest BCUT2D eigenvalue weighted by atomic mass is 35.5. The Morgan fingerprint density at radius 1 is 1.19 bits per heavy atom. The van der Waals surface area contributed by atoms with Gasteiger partial charge in [0.25, 0.3) is 0 Å². The molecule has 1 aliphatic carbocycles. The number of halogens is 1. The molecule has 2 aliphatic rings. The van der Waals surface area contributed by atoms with Gasteiger partial charge in [0.1, 0.15) is 0 Å². The molecule has 1 saturated heterocycles. The van der Waals surface area contributed by atoms with Crippen LogP contribution >= 0.6 is 11.6 Å². The minimum absolute atomic E-state index is 0.505. The van der Waals surface area contributed by atoms with Crippen LogP contribution in [0.1, 0.15) is 37.2 Å². The zero-order valence-corrected chi connectivity index (χ0v) is 10.3. The molecule has 1 nitrogen and oxygen atoms in total. The Morgan fingerprint density at radius 3 is 2.69 bits per heavy atom. The predicted molar refractivity (Wildman–Crippen MR) is 68.0 cm³/mol. The van der Waals surface area contributed by atoms with Crippen molar-refractivity contribution in [2.45, 2.75) is 31.6 Å². The van der Waals surface area contributed by atoms with E-state index in [-0.39, 0.29) is 0 Å². The molecule has 2 fully saturated rings. The molecule has 1 atom stereocenters. The number of nitrogens with one attached hydrogen (secondary N) is 1. The largest absolute Gasteiger partial charge is 0.316 e. The summed E-state index contributed by atoms with van der Waals surface area (Å²) >= 11 is 6.34. The molecule has 1 N–H and O–H groups in total. The van der Waals surface area contributed by atoms with Crippen molar-refractivity contribution in [3.8, 4) is 0 Å². The Labute approximate surface area is 102 Å². The van der Waals surface area contributed by atoms with E-state index in [4.69, 9.17) is 11.6 Å². The first kappa shape index (κ1) is 10.6. The van der Waals surface area contributed by atoms with Crippen molar-refractivity contribution in [2.75, 3.05) is 13.1 Å². The van der Waals surface area contributed by atoms with Gasteiger partial charge in [-0.05, 0) is 29.9 Å². The minimum Gasteiger partial charge on any atom is -0.316 e. The summed E-state index contributed by atoms with van der Waals surface area (Å²) in [5.74, 6) is 0.628. The van der Waals surface area contributed by atoms with Gasteiger partial charge in [-0.3, -0.25) is 0 Å². The van der Waals surface area contributed by atoms with Gasteiger partial charge in [0, 0.05) is 24.0 Å². The average molecular weight is 236 g/mol. The van der Waals surface area contributed by atoms with Crippen LogP contribution in [0.3, 0.4) is 0 Å². The minimum atomic E-state index is 0.505. The standard InChI is InChI=1S/C14H18ClN/c15-13-6-2-1-5-11(13)12-9-16-10-14(12)7-3-4-8-14/h1-2,5-6,12,16H,3-4,7-10H2/t12-/m1/s1. The van der Waals surface area contributed by atoms with Gasteiger partial charge in [0.15, 0.2) is 0 Å². The molecule has 2 heteroatoms. The molecular weight excluding hydrogens is 218 g/mol. The molecule has 86 valence electrons. The molecule has 1 saturated carbocycles. The Morgan fingerprint density at radius 2 is 1.94 bits per heavy atom. The summed E-state index contributed by atoms with van der Waals surface area (Å²) in [6.07, 6.45) is 5.52. The Bertz CT molecular complexity index is 377. The second-order valence-electron chi connectivity index (χ2n) is 5.27. The van der Waals surface area contributed by atoms with E-state index >= 15 is 0 Å². The Kier molecular flexibility index (Phi) is 2.68. The third-order valence-corrected chi connectivity index (χ3v) is 4.79. The predicted octanol–water partition coefficient (Wildman–Crippen LogP) is 3.59. The van der Waals surface area contributed by atoms with E-state index in [1.54, 1.807) is 0 Å².